The van der Waals surface area contributed by atoms with Crippen molar-refractivity contribution in [3.05, 3.63) is 24.0 Å². The van der Waals surface area contributed by atoms with Crippen molar-refractivity contribution in [2.45, 2.75) is 6.36 Å². The van der Waals surface area contributed by atoms with Gasteiger partial charge in [0.25, 0.3) is 6.36 Å². The SMILES string of the molecule is FC(F)=C(F)F.FC1=C(F)C(F)OO1. The van der Waals surface area contributed by atoms with Crippen LogP contribution in [0.5, 0.6) is 0 Å². The number of alkyl halides is 1. The Kier molecular flexibility index (Phi) is 4.99. The lowest BCUT2D eigenvalue weighted by Crippen LogP contribution is -1.95. The quantitative estimate of drug-likeness (QED) is 0.465. The molecule has 14 heavy (non-hydrogen) atoms. The lowest BCUT2D eigenvalue weighted by molar-refractivity contribution is -0.302. The van der Waals surface area contributed by atoms with Gasteiger partial charge in [-0.3, -0.25) is 4.89 Å². The highest BCUT2D eigenvalue weighted by molar-refractivity contribution is 4.97. The van der Waals surface area contributed by atoms with Crippen LogP contribution in [0.3, 0.4) is 0 Å². The van der Waals surface area contributed by atoms with E-state index in [1.165, 1.54) is 0 Å². The molecule has 1 aliphatic heterocycles. The smallest absolute Gasteiger partial charge is 0.300 e. The van der Waals surface area contributed by atoms with E-state index in [1.807, 2.05) is 0 Å². The van der Waals surface area contributed by atoms with Crippen molar-refractivity contribution >= 4 is 0 Å². The summed E-state index contributed by atoms with van der Waals surface area (Å²) < 4.78 is 75.8. The van der Waals surface area contributed by atoms with Crippen LogP contribution in [0.25, 0.3) is 0 Å². The second-order valence-corrected chi connectivity index (χ2v) is 1.64. The van der Waals surface area contributed by atoms with Crippen molar-refractivity contribution in [3.8, 4) is 0 Å². The third-order valence-electron chi connectivity index (χ3n) is 0.736. The summed E-state index contributed by atoms with van der Waals surface area (Å²) >= 11 is 0. The molecule has 2 nitrogen and oxygen atoms in total. The molecule has 1 aliphatic rings. The van der Waals surface area contributed by atoms with Crippen molar-refractivity contribution < 1.29 is 40.5 Å². The molecule has 0 spiro atoms. The van der Waals surface area contributed by atoms with E-state index in [9.17, 15) is 30.7 Å². The molecule has 0 aliphatic carbocycles. The lowest BCUT2D eigenvalue weighted by Gasteiger charge is -1.88. The molecule has 1 unspecified atom stereocenters. The summed E-state index contributed by atoms with van der Waals surface area (Å²) in [5.74, 6) is -1.65. The average molecular weight is 226 g/mol. The van der Waals surface area contributed by atoms with E-state index in [4.69, 9.17) is 0 Å². The van der Waals surface area contributed by atoms with Gasteiger partial charge in [0.15, 0.2) is 0 Å². The molecule has 0 aromatic carbocycles. The first-order valence-electron chi connectivity index (χ1n) is 2.75. The van der Waals surface area contributed by atoms with Crippen LogP contribution in [-0.2, 0) is 9.78 Å². The number of hydrogen-bond acceptors (Lipinski definition) is 2. The molecule has 0 N–H and O–H groups in total. The van der Waals surface area contributed by atoms with Crippen LogP contribution < -0.4 is 0 Å². The van der Waals surface area contributed by atoms with Crippen molar-refractivity contribution in [3.63, 3.8) is 0 Å². The predicted molar refractivity (Wildman–Crippen MR) is 27.8 cm³/mol. The molecular formula is C5HF7O2. The molecule has 0 bridgehead atoms. The highest BCUT2D eigenvalue weighted by Gasteiger charge is 2.29. The molecule has 0 saturated carbocycles. The number of halogens is 7. The Bertz CT molecular complexity index is 243. The Hall–Kier alpha value is -1.25. The van der Waals surface area contributed by atoms with Gasteiger partial charge in [0.2, 0.25) is 5.83 Å². The van der Waals surface area contributed by atoms with E-state index in [0.29, 0.717) is 0 Å². The first-order chi connectivity index (χ1) is 6.36. The molecule has 9 heteroatoms. The van der Waals surface area contributed by atoms with Crippen LogP contribution in [0.1, 0.15) is 0 Å². The largest absolute Gasteiger partial charge is 0.348 e. The Morgan fingerprint density at radius 1 is 1.00 bits per heavy atom. The molecule has 0 amide bonds. The highest BCUT2D eigenvalue weighted by atomic mass is 19.3. The fourth-order valence-corrected chi connectivity index (χ4v) is 0.256. The van der Waals surface area contributed by atoms with E-state index >= 15 is 0 Å². The van der Waals surface area contributed by atoms with Gasteiger partial charge in [-0.2, -0.15) is 26.3 Å². The second-order valence-electron chi connectivity index (χ2n) is 1.64. The molecule has 82 valence electrons. The first kappa shape index (κ1) is 12.8. The van der Waals surface area contributed by atoms with Crippen LogP contribution in [0.15, 0.2) is 24.0 Å². The minimum atomic E-state index is -2.91. The van der Waals surface area contributed by atoms with Crippen molar-refractivity contribution in [1.82, 2.24) is 0 Å². The summed E-state index contributed by atoms with van der Waals surface area (Å²) in [7, 11) is 0. The van der Waals surface area contributed by atoms with Crippen LogP contribution in [0.4, 0.5) is 30.7 Å². The van der Waals surface area contributed by atoms with Crippen molar-refractivity contribution in [2.24, 2.45) is 0 Å². The van der Waals surface area contributed by atoms with Gasteiger partial charge in [0.05, 0.1) is 0 Å². The molecule has 1 rings (SSSR count). The minimum absolute atomic E-state index is 1.64. The summed E-state index contributed by atoms with van der Waals surface area (Å²) in [6, 6.07) is -1.64. The molecule has 0 aromatic heterocycles. The third kappa shape index (κ3) is 4.12. The molecule has 0 fully saturated rings. The lowest BCUT2D eigenvalue weighted by atomic mass is 10.6. The summed E-state index contributed by atoms with van der Waals surface area (Å²) in [6.45, 7) is 0. The maximum Gasteiger partial charge on any atom is 0.348 e. The fraction of sp³-hybridized carbons (Fsp3) is 0.200. The van der Waals surface area contributed by atoms with Crippen LogP contribution in [0, 0.1) is 0 Å². The maximum atomic E-state index is 11.6. The number of hydrogen-bond donors (Lipinski definition) is 0. The average Bonchev–Trinajstić information content (AvgIpc) is 2.37. The summed E-state index contributed by atoms with van der Waals surface area (Å²) in [6.07, 6.45) is -8.21. The normalized spacial score (nSPS) is 19.8. The molecule has 0 aromatic rings. The van der Waals surface area contributed by atoms with Gasteiger partial charge < -0.3 is 0 Å². The van der Waals surface area contributed by atoms with Gasteiger partial charge in [-0.15, -0.1) is 4.89 Å². The summed E-state index contributed by atoms with van der Waals surface area (Å²) in [5.41, 5.74) is 0. The fourth-order valence-electron chi connectivity index (χ4n) is 0.256. The van der Waals surface area contributed by atoms with Gasteiger partial charge in [0.1, 0.15) is 0 Å². The second kappa shape index (κ2) is 5.47. The van der Waals surface area contributed by atoms with Gasteiger partial charge in [-0.05, 0) is 0 Å². The van der Waals surface area contributed by atoms with E-state index < -0.39 is 30.4 Å². The van der Waals surface area contributed by atoms with E-state index in [-0.39, 0.29) is 0 Å². The highest BCUT2D eigenvalue weighted by Crippen LogP contribution is 2.24. The van der Waals surface area contributed by atoms with Crippen molar-refractivity contribution in [2.75, 3.05) is 0 Å². The maximum absolute atomic E-state index is 11.6. The minimum Gasteiger partial charge on any atom is -0.300 e. The Morgan fingerprint density at radius 2 is 1.43 bits per heavy atom. The zero-order chi connectivity index (χ0) is 11.3. The zero-order valence-electron chi connectivity index (χ0n) is 6.04. The Labute approximate surface area is 72.1 Å². The van der Waals surface area contributed by atoms with Crippen molar-refractivity contribution in [1.29, 1.82) is 0 Å². The molecule has 1 heterocycles. The third-order valence-corrected chi connectivity index (χ3v) is 0.736. The standard InChI is InChI=1S/C3HF3O2.C2F4/c4-1-2(5)7-8-3(1)6;3-1(4)2(5)6/h2H;. The van der Waals surface area contributed by atoms with Gasteiger partial charge in [-0.1, -0.05) is 0 Å². The predicted octanol–water partition coefficient (Wildman–Crippen LogP) is 3.34. The number of rotatable bonds is 0. The topological polar surface area (TPSA) is 18.5 Å². The van der Waals surface area contributed by atoms with Crippen LogP contribution >= 0.6 is 0 Å². The van der Waals surface area contributed by atoms with E-state index in [2.05, 4.69) is 9.78 Å². The van der Waals surface area contributed by atoms with Crippen LogP contribution in [-0.4, -0.2) is 6.36 Å². The molecular weight excluding hydrogens is 225 g/mol. The Morgan fingerprint density at radius 3 is 1.50 bits per heavy atom. The van der Waals surface area contributed by atoms with E-state index in [0.717, 1.165) is 0 Å². The molecule has 0 saturated heterocycles. The van der Waals surface area contributed by atoms with Crippen LogP contribution in [0.2, 0.25) is 0 Å². The zero-order valence-corrected chi connectivity index (χ0v) is 6.04. The summed E-state index contributed by atoms with van der Waals surface area (Å²) in [5, 5.41) is 0. The molecule has 1 atom stereocenters. The first-order valence-corrected chi connectivity index (χ1v) is 2.75. The van der Waals surface area contributed by atoms with E-state index in [1.54, 1.807) is 0 Å². The van der Waals surface area contributed by atoms with Gasteiger partial charge >= 0.3 is 18.2 Å². The van der Waals surface area contributed by atoms with Gasteiger partial charge in [-0.25, -0.2) is 4.39 Å². The monoisotopic (exact) mass is 226 g/mol. The summed E-state index contributed by atoms with van der Waals surface area (Å²) in [4.78, 5) is 6.73. The molecule has 0 radical (unpaired) electrons. The Balaban J connectivity index is 0.000000255. The van der Waals surface area contributed by atoms with Gasteiger partial charge in [0, 0.05) is 0 Å².